The number of ether oxygens (including phenoxy) is 1. The topological polar surface area (TPSA) is 64.1 Å². The van der Waals surface area contributed by atoms with Gasteiger partial charge in [0.15, 0.2) is 0 Å². The van der Waals surface area contributed by atoms with E-state index in [4.69, 9.17) is 4.74 Å². The van der Waals surface area contributed by atoms with Crippen molar-refractivity contribution in [2.75, 3.05) is 6.54 Å². The van der Waals surface area contributed by atoms with E-state index in [0.29, 0.717) is 6.54 Å². The van der Waals surface area contributed by atoms with E-state index >= 15 is 0 Å². The lowest BCUT2D eigenvalue weighted by Gasteiger charge is -2.06. The molecule has 25 heavy (non-hydrogen) atoms. The number of nitrogens with zero attached hydrogens (tertiary/aromatic N) is 2. The number of alkyl carbamates (subject to hydrolysis) is 1. The van der Waals surface area contributed by atoms with Crippen LogP contribution in [0.3, 0.4) is 0 Å². The molecule has 3 aromatic rings. The first-order chi connectivity index (χ1) is 12.2. The van der Waals surface area contributed by atoms with Crippen molar-refractivity contribution in [2.24, 2.45) is 0 Å². The second-order valence-electron chi connectivity index (χ2n) is 5.48. The molecule has 2 heterocycles. The van der Waals surface area contributed by atoms with Crippen LogP contribution in [0.5, 0.6) is 0 Å². The number of amides is 1. The van der Waals surface area contributed by atoms with Crippen molar-refractivity contribution in [3.8, 4) is 10.7 Å². The van der Waals surface area contributed by atoms with Crippen molar-refractivity contribution in [1.29, 1.82) is 0 Å². The normalized spacial score (nSPS) is 10.4. The molecule has 0 aliphatic rings. The van der Waals surface area contributed by atoms with Gasteiger partial charge in [-0.25, -0.2) is 9.78 Å². The number of aromatic nitrogens is 2. The fraction of sp³-hybridized carbons (Fsp3) is 0.211. The Morgan fingerprint density at radius 3 is 2.72 bits per heavy atom. The average Bonchev–Trinajstić information content (AvgIpc) is 3.02. The number of carbonyl (C=O) groups excluding carboxylic acids is 1. The quantitative estimate of drug-likeness (QED) is 0.728. The lowest BCUT2D eigenvalue weighted by atomic mass is 10.2. The van der Waals surface area contributed by atoms with Crippen molar-refractivity contribution >= 4 is 17.4 Å². The number of benzene rings is 1. The maximum Gasteiger partial charge on any atom is 0.407 e. The Morgan fingerprint density at radius 1 is 1.16 bits per heavy atom. The van der Waals surface area contributed by atoms with Crippen LogP contribution in [0.4, 0.5) is 4.79 Å². The lowest BCUT2D eigenvalue weighted by molar-refractivity contribution is 0.140. The van der Waals surface area contributed by atoms with Crippen LogP contribution in [0.25, 0.3) is 10.7 Å². The highest BCUT2D eigenvalue weighted by molar-refractivity contribution is 7.15. The van der Waals surface area contributed by atoms with Crippen molar-refractivity contribution in [3.05, 3.63) is 70.9 Å². The van der Waals surface area contributed by atoms with E-state index in [1.807, 2.05) is 55.5 Å². The Kier molecular flexibility index (Phi) is 5.74. The number of hydrogen-bond donors (Lipinski definition) is 1. The van der Waals surface area contributed by atoms with Gasteiger partial charge in [0.2, 0.25) is 0 Å². The zero-order chi connectivity index (χ0) is 17.5. The van der Waals surface area contributed by atoms with E-state index in [-0.39, 0.29) is 6.61 Å². The van der Waals surface area contributed by atoms with Gasteiger partial charge in [-0.3, -0.25) is 4.98 Å². The molecule has 1 amide bonds. The largest absolute Gasteiger partial charge is 0.445 e. The van der Waals surface area contributed by atoms with Gasteiger partial charge in [0.05, 0.1) is 11.4 Å². The minimum atomic E-state index is -0.407. The highest BCUT2D eigenvalue weighted by Crippen LogP contribution is 2.26. The molecule has 0 saturated carbocycles. The number of rotatable bonds is 6. The Labute approximate surface area is 150 Å². The van der Waals surface area contributed by atoms with Crippen LogP contribution in [0, 0.1) is 6.92 Å². The van der Waals surface area contributed by atoms with Gasteiger partial charge in [-0.05, 0) is 24.6 Å². The highest BCUT2D eigenvalue weighted by Gasteiger charge is 2.10. The van der Waals surface area contributed by atoms with Gasteiger partial charge in [0.25, 0.3) is 0 Å². The number of hydrogen-bond acceptors (Lipinski definition) is 5. The van der Waals surface area contributed by atoms with Gasteiger partial charge in [-0.2, -0.15) is 0 Å². The fourth-order valence-electron chi connectivity index (χ4n) is 2.31. The SMILES string of the molecule is Cc1nc(-c2ccccn2)sc1CCNC(=O)OCc1ccccc1. The molecule has 5 nitrogen and oxygen atoms in total. The molecule has 0 radical (unpaired) electrons. The van der Waals surface area contributed by atoms with Crippen LogP contribution in [0.2, 0.25) is 0 Å². The molecule has 0 fully saturated rings. The molecule has 1 N–H and O–H groups in total. The van der Waals surface area contributed by atoms with Crippen LogP contribution >= 0.6 is 11.3 Å². The summed E-state index contributed by atoms with van der Waals surface area (Å²) in [5, 5.41) is 3.68. The third kappa shape index (κ3) is 4.87. The summed E-state index contributed by atoms with van der Waals surface area (Å²) >= 11 is 1.61. The first-order valence-corrected chi connectivity index (χ1v) is 8.86. The summed E-state index contributed by atoms with van der Waals surface area (Å²) in [5.74, 6) is 0. The van der Waals surface area contributed by atoms with Crippen LogP contribution in [0.1, 0.15) is 16.1 Å². The number of carbonyl (C=O) groups is 1. The van der Waals surface area contributed by atoms with E-state index < -0.39 is 6.09 Å². The third-order valence-electron chi connectivity index (χ3n) is 3.61. The second kappa shape index (κ2) is 8.39. The molecule has 0 aliphatic heterocycles. The molecule has 128 valence electrons. The minimum Gasteiger partial charge on any atom is -0.445 e. The van der Waals surface area contributed by atoms with Crippen LogP contribution < -0.4 is 5.32 Å². The van der Waals surface area contributed by atoms with E-state index in [1.54, 1.807) is 17.5 Å². The molecule has 3 rings (SSSR count). The second-order valence-corrected chi connectivity index (χ2v) is 6.56. The predicted molar refractivity (Wildman–Crippen MR) is 98.4 cm³/mol. The molecule has 0 aliphatic carbocycles. The van der Waals surface area contributed by atoms with Gasteiger partial charge in [-0.1, -0.05) is 36.4 Å². The molecule has 6 heteroatoms. The summed E-state index contributed by atoms with van der Waals surface area (Å²) in [5.41, 5.74) is 2.82. The van der Waals surface area contributed by atoms with Gasteiger partial charge >= 0.3 is 6.09 Å². The van der Waals surface area contributed by atoms with Crippen LogP contribution in [-0.2, 0) is 17.8 Å². The summed E-state index contributed by atoms with van der Waals surface area (Å²) in [4.78, 5) is 21.8. The molecule has 1 aromatic carbocycles. The standard InChI is InChI=1S/C19H19N3O2S/c1-14-17(25-18(22-14)16-9-5-6-11-20-16)10-12-21-19(23)24-13-15-7-3-2-4-8-15/h2-9,11H,10,12-13H2,1H3,(H,21,23). The fourth-order valence-corrected chi connectivity index (χ4v) is 3.35. The Balaban J connectivity index is 1.47. The van der Waals surface area contributed by atoms with Crippen LogP contribution in [-0.4, -0.2) is 22.6 Å². The molecule has 0 unspecified atom stereocenters. The monoisotopic (exact) mass is 353 g/mol. The molecular weight excluding hydrogens is 334 g/mol. The summed E-state index contributed by atoms with van der Waals surface area (Å²) in [6.45, 7) is 2.76. The highest BCUT2D eigenvalue weighted by atomic mass is 32.1. The zero-order valence-electron chi connectivity index (χ0n) is 13.9. The molecule has 0 atom stereocenters. The maximum absolute atomic E-state index is 11.8. The van der Waals surface area contributed by atoms with E-state index in [0.717, 1.165) is 33.3 Å². The molecule has 0 spiro atoms. The Morgan fingerprint density at radius 2 is 1.96 bits per heavy atom. The molecule has 0 saturated heterocycles. The predicted octanol–water partition coefficient (Wildman–Crippen LogP) is 3.98. The van der Waals surface area contributed by atoms with E-state index in [2.05, 4.69) is 15.3 Å². The number of aryl methyl sites for hydroxylation is 1. The minimum absolute atomic E-state index is 0.274. The average molecular weight is 353 g/mol. The number of thiazole rings is 1. The smallest absolute Gasteiger partial charge is 0.407 e. The van der Waals surface area contributed by atoms with Gasteiger partial charge in [0, 0.05) is 24.0 Å². The molecular formula is C19H19N3O2S. The maximum atomic E-state index is 11.8. The van der Waals surface area contributed by atoms with Gasteiger partial charge in [0.1, 0.15) is 11.6 Å². The Bertz CT molecular complexity index is 819. The summed E-state index contributed by atoms with van der Waals surface area (Å²) in [7, 11) is 0. The number of pyridine rings is 1. The lowest BCUT2D eigenvalue weighted by Crippen LogP contribution is -2.26. The Hall–Kier alpha value is -2.73. The van der Waals surface area contributed by atoms with Crippen LogP contribution in [0.15, 0.2) is 54.7 Å². The van der Waals surface area contributed by atoms with Crippen molar-refractivity contribution in [1.82, 2.24) is 15.3 Å². The van der Waals surface area contributed by atoms with E-state index in [9.17, 15) is 4.79 Å². The molecule has 0 bridgehead atoms. The van der Waals surface area contributed by atoms with E-state index in [1.165, 1.54) is 0 Å². The zero-order valence-corrected chi connectivity index (χ0v) is 14.8. The summed E-state index contributed by atoms with van der Waals surface area (Å²) in [6, 6.07) is 15.4. The summed E-state index contributed by atoms with van der Waals surface area (Å²) in [6.07, 6.45) is 2.07. The summed E-state index contributed by atoms with van der Waals surface area (Å²) < 4.78 is 5.20. The van der Waals surface area contributed by atoms with Gasteiger partial charge in [-0.15, -0.1) is 11.3 Å². The third-order valence-corrected chi connectivity index (χ3v) is 4.85. The number of nitrogens with one attached hydrogen (secondary N) is 1. The van der Waals surface area contributed by atoms with Crippen molar-refractivity contribution in [2.45, 2.75) is 20.0 Å². The first kappa shape index (κ1) is 17.1. The first-order valence-electron chi connectivity index (χ1n) is 8.04. The van der Waals surface area contributed by atoms with Crippen molar-refractivity contribution in [3.63, 3.8) is 0 Å². The molecule has 2 aromatic heterocycles. The van der Waals surface area contributed by atoms with Crippen molar-refractivity contribution < 1.29 is 9.53 Å². The van der Waals surface area contributed by atoms with Gasteiger partial charge < -0.3 is 10.1 Å².